The summed E-state index contributed by atoms with van der Waals surface area (Å²) >= 11 is 1.84. The first-order chi connectivity index (χ1) is 10.3. The first-order valence-electron chi connectivity index (χ1n) is 7.74. The van der Waals surface area contributed by atoms with Crippen molar-refractivity contribution in [2.45, 2.75) is 25.4 Å². The molecule has 3 rings (SSSR count). The van der Waals surface area contributed by atoms with Gasteiger partial charge >= 0.3 is 0 Å². The number of nitrogens with one attached hydrogen (secondary N) is 2. The van der Waals surface area contributed by atoms with Crippen LogP contribution in [0, 0.1) is 0 Å². The number of thioether (sulfide) groups is 1. The lowest BCUT2D eigenvalue weighted by Crippen LogP contribution is -2.46. The van der Waals surface area contributed by atoms with E-state index < -0.39 is 0 Å². The summed E-state index contributed by atoms with van der Waals surface area (Å²) in [6.45, 7) is 4.29. The lowest BCUT2D eigenvalue weighted by atomic mass is 10.2. The molecule has 2 fully saturated rings. The van der Waals surface area contributed by atoms with Gasteiger partial charge in [-0.2, -0.15) is 11.8 Å². The number of benzene rings is 1. The molecule has 1 amide bonds. The second-order valence-corrected chi connectivity index (χ2v) is 6.90. The van der Waals surface area contributed by atoms with Gasteiger partial charge in [0, 0.05) is 30.3 Å². The monoisotopic (exact) mass is 305 g/mol. The number of nitrogens with zero attached hydrogens (tertiary/aromatic N) is 1. The minimum Gasteiger partial charge on any atom is -0.325 e. The van der Waals surface area contributed by atoms with Gasteiger partial charge in [-0.1, -0.05) is 12.1 Å². The van der Waals surface area contributed by atoms with Crippen LogP contribution in [-0.2, 0) is 11.3 Å². The van der Waals surface area contributed by atoms with Crippen LogP contribution in [0.1, 0.15) is 18.4 Å². The second kappa shape index (κ2) is 7.29. The van der Waals surface area contributed by atoms with Crippen molar-refractivity contribution in [3.63, 3.8) is 0 Å². The number of anilines is 1. The molecule has 0 bridgehead atoms. The molecule has 2 aliphatic rings. The van der Waals surface area contributed by atoms with Crippen LogP contribution in [0.15, 0.2) is 24.3 Å². The number of likely N-dealkylation sites (tertiary alicyclic amines) is 1. The molecule has 2 heterocycles. The van der Waals surface area contributed by atoms with Gasteiger partial charge in [0.15, 0.2) is 0 Å². The maximum atomic E-state index is 12.2. The van der Waals surface area contributed by atoms with Crippen LogP contribution in [-0.4, -0.2) is 48.0 Å². The van der Waals surface area contributed by atoms with E-state index in [2.05, 4.69) is 27.7 Å². The van der Waals surface area contributed by atoms with Crippen LogP contribution in [0.25, 0.3) is 0 Å². The van der Waals surface area contributed by atoms with Gasteiger partial charge in [-0.25, -0.2) is 0 Å². The van der Waals surface area contributed by atoms with Crippen molar-refractivity contribution in [3.8, 4) is 0 Å². The Morgan fingerprint density at radius 1 is 1.38 bits per heavy atom. The molecule has 0 spiro atoms. The van der Waals surface area contributed by atoms with E-state index in [1.807, 2.05) is 23.9 Å². The van der Waals surface area contributed by atoms with Crippen molar-refractivity contribution in [2.75, 3.05) is 36.5 Å². The number of amides is 1. The zero-order chi connectivity index (χ0) is 14.5. The standard InChI is InChI=1S/C16H23N3OS/c20-16(15-12-21-9-6-17-15)18-14-5-3-4-13(10-14)11-19-7-1-2-8-19/h3-5,10,15,17H,1-2,6-9,11-12H2,(H,18,20). The Labute approximate surface area is 130 Å². The van der Waals surface area contributed by atoms with Crippen LogP contribution in [0.5, 0.6) is 0 Å². The molecule has 1 unspecified atom stereocenters. The van der Waals surface area contributed by atoms with Crippen molar-refractivity contribution >= 4 is 23.4 Å². The Kier molecular flexibility index (Phi) is 5.17. The van der Waals surface area contributed by atoms with Crippen molar-refractivity contribution in [3.05, 3.63) is 29.8 Å². The van der Waals surface area contributed by atoms with Crippen LogP contribution in [0.2, 0.25) is 0 Å². The normalized spacial score (nSPS) is 23.1. The van der Waals surface area contributed by atoms with E-state index in [9.17, 15) is 4.79 Å². The van der Waals surface area contributed by atoms with Gasteiger partial charge in [-0.05, 0) is 43.6 Å². The highest BCUT2D eigenvalue weighted by atomic mass is 32.2. The molecule has 0 saturated carbocycles. The van der Waals surface area contributed by atoms with E-state index in [0.29, 0.717) is 0 Å². The number of carbonyl (C=O) groups excluding carboxylic acids is 1. The number of hydrogen-bond donors (Lipinski definition) is 2. The number of carbonyl (C=O) groups is 1. The number of hydrogen-bond acceptors (Lipinski definition) is 4. The van der Waals surface area contributed by atoms with Crippen LogP contribution < -0.4 is 10.6 Å². The van der Waals surface area contributed by atoms with Crippen molar-refractivity contribution < 1.29 is 4.79 Å². The van der Waals surface area contributed by atoms with E-state index in [1.165, 1.54) is 31.5 Å². The topological polar surface area (TPSA) is 44.4 Å². The molecular weight excluding hydrogens is 282 g/mol. The molecule has 1 atom stereocenters. The van der Waals surface area contributed by atoms with Gasteiger partial charge in [0.1, 0.15) is 0 Å². The van der Waals surface area contributed by atoms with Crippen LogP contribution in [0.3, 0.4) is 0 Å². The first kappa shape index (κ1) is 14.9. The van der Waals surface area contributed by atoms with E-state index in [0.717, 1.165) is 30.3 Å². The van der Waals surface area contributed by atoms with Gasteiger partial charge in [-0.3, -0.25) is 9.69 Å². The summed E-state index contributed by atoms with van der Waals surface area (Å²) in [7, 11) is 0. The van der Waals surface area contributed by atoms with E-state index in [-0.39, 0.29) is 11.9 Å². The Morgan fingerprint density at radius 3 is 3.00 bits per heavy atom. The highest BCUT2D eigenvalue weighted by molar-refractivity contribution is 7.99. The molecule has 2 N–H and O–H groups in total. The van der Waals surface area contributed by atoms with Gasteiger partial charge in [0.05, 0.1) is 6.04 Å². The average molecular weight is 305 g/mol. The molecule has 21 heavy (non-hydrogen) atoms. The smallest absolute Gasteiger partial charge is 0.242 e. The van der Waals surface area contributed by atoms with Crippen molar-refractivity contribution in [1.82, 2.24) is 10.2 Å². The van der Waals surface area contributed by atoms with Crippen LogP contribution in [0.4, 0.5) is 5.69 Å². The van der Waals surface area contributed by atoms with Gasteiger partial charge < -0.3 is 10.6 Å². The maximum absolute atomic E-state index is 12.2. The molecule has 1 aromatic rings. The van der Waals surface area contributed by atoms with Gasteiger partial charge in [0.2, 0.25) is 5.91 Å². The third-order valence-corrected chi connectivity index (χ3v) is 5.10. The summed E-state index contributed by atoms with van der Waals surface area (Å²) in [6, 6.07) is 8.19. The van der Waals surface area contributed by atoms with E-state index in [1.54, 1.807) is 0 Å². The lowest BCUT2D eigenvalue weighted by molar-refractivity contribution is -0.117. The summed E-state index contributed by atoms with van der Waals surface area (Å²) < 4.78 is 0. The summed E-state index contributed by atoms with van der Waals surface area (Å²) in [5.41, 5.74) is 2.19. The Hall–Kier alpha value is -1.04. The molecule has 0 aromatic heterocycles. The van der Waals surface area contributed by atoms with Crippen molar-refractivity contribution in [1.29, 1.82) is 0 Å². The second-order valence-electron chi connectivity index (χ2n) is 5.75. The summed E-state index contributed by atoms with van der Waals surface area (Å²) in [5.74, 6) is 2.04. The fourth-order valence-electron chi connectivity index (χ4n) is 2.91. The number of rotatable bonds is 4. The zero-order valence-electron chi connectivity index (χ0n) is 12.3. The Bertz CT molecular complexity index is 482. The summed E-state index contributed by atoms with van der Waals surface area (Å²) in [5, 5.41) is 6.31. The summed E-state index contributed by atoms with van der Waals surface area (Å²) in [6.07, 6.45) is 2.61. The third-order valence-electron chi connectivity index (χ3n) is 4.04. The Morgan fingerprint density at radius 2 is 2.24 bits per heavy atom. The SMILES string of the molecule is O=C(Nc1cccc(CN2CCCC2)c1)C1CSCCN1. The maximum Gasteiger partial charge on any atom is 0.242 e. The minimum absolute atomic E-state index is 0.0639. The zero-order valence-corrected chi connectivity index (χ0v) is 13.1. The minimum atomic E-state index is -0.0639. The van der Waals surface area contributed by atoms with E-state index in [4.69, 9.17) is 0 Å². The largest absolute Gasteiger partial charge is 0.325 e. The highest BCUT2D eigenvalue weighted by Crippen LogP contribution is 2.17. The highest BCUT2D eigenvalue weighted by Gasteiger charge is 2.21. The quantitative estimate of drug-likeness (QED) is 0.892. The average Bonchev–Trinajstić information content (AvgIpc) is 3.01. The van der Waals surface area contributed by atoms with Gasteiger partial charge in [-0.15, -0.1) is 0 Å². The van der Waals surface area contributed by atoms with E-state index >= 15 is 0 Å². The van der Waals surface area contributed by atoms with Crippen LogP contribution >= 0.6 is 11.8 Å². The fraction of sp³-hybridized carbons (Fsp3) is 0.562. The fourth-order valence-corrected chi connectivity index (χ4v) is 3.84. The lowest BCUT2D eigenvalue weighted by Gasteiger charge is -2.22. The Balaban J connectivity index is 1.58. The predicted molar refractivity (Wildman–Crippen MR) is 88.7 cm³/mol. The third kappa shape index (κ3) is 4.22. The summed E-state index contributed by atoms with van der Waals surface area (Å²) in [4.78, 5) is 14.7. The molecule has 1 aromatic carbocycles. The molecule has 0 aliphatic carbocycles. The molecule has 2 saturated heterocycles. The molecule has 0 radical (unpaired) electrons. The van der Waals surface area contributed by atoms with Crippen molar-refractivity contribution in [2.24, 2.45) is 0 Å². The van der Waals surface area contributed by atoms with Gasteiger partial charge in [0.25, 0.3) is 0 Å². The molecule has 4 nitrogen and oxygen atoms in total. The predicted octanol–water partition coefficient (Wildman–Crippen LogP) is 1.93. The molecule has 114 valence electrons. The first-order valence-corrected chi connectivity index (χ1v) is 8.90. The molecular formula is C16H23N3OS. The molecule has 5 heteroatoms. The molecule has 2 aliphatic heterocycles.